The molecule has 11 nitrogen and oxygen atoms in total. The predicted octanol–water partition coefficient (Wildman–Crippen LogP) is 2.73. The SMILES string of the molecule is COC1CCC(n2cc(-c3nc(N[C@H]4CCN(S(=O)(=O)c5cn(C)cn5)C[C@H]4F)ncc3C)cn2)CC1. The van der Waals surface area contributed by atoms with Crippen molar-refractivity contribution >= 4 is 16.0 Å². The Kier molecular flexibility index (Phi) is 7.28. The van der Waals surface area contributed by atoms with Gasteiger partial charge in [0.2, 0.25) is 5.95 Å². The number of sulfonamides is 1. The van der Waals surface area contributed by atoms with Crippen molar-refractivity contribution in [1.82, 2.24) is 33.6 Å². The Morgan fingerprint density at radius 1 is 1.11 bits per heavy atom. The third-order valence-corrected chi connectivity index (χ3v) is 9.05. The van der Waals surface area contributed by atoms with Crippen LogP contribution < -0.4 is 5.32 Å². The molecule has 2 aliphatic rings. The average Bonchev–Trinajstić information content (AvgIpc) is 3.56. The molecular formula is C24H33FN8O3S. The summed E-state index contributed by atoms with van der Waals surface area (Å²) in [6.45, 7) is 1.85. The number of piperidine rings is 1. The van der Waals surface area contributed by atoms with Crippen molar-refractivity contribution in [3.05, 3.63) is 36.7 Å². The number of alkyl halides is 1. The van der Waals surface area contributed by atoms with Crippen LogP contribution in [0.15, 0.2) is 36.1 Å². The molecule has 37 heavy (non-hydrogen) atoms. The lowest BCUT2D eigenvalue weighted by atomic mass is 9.93. The van der Waals surface area contributed by atoms with Crippen LogP contribution in [-0.2, 0) is 21.8 Å². The molecule has 13 heteroatoms. The van der Waals surface area contributed by atoms with E-state index in [1.54, 1.807) is 31.1 Å². The van der Waals surface area contributed by atoms with Gasteiger partial charge < -0.3 is 14.6 Å². The zero-order chi connectivity index (χ0) is 26.2. The third kappa shape index (κ3) is 5.39. The zero-order valence-electron chi connectivity index (χ0n) is 21.3. The highest BCUT2D eigenvalue weighted by Crippen LogP contribution is 2.31. The van der Waals surface area contributed by atoms with Crippen LogP contribution in [0.3, 0.4) is 0 Å². The molecule has 2 fully saturated rings. The van der Waals surface area contributed by atoms with Gasteiger partial charge in [-0.05, 0) is 44.6 Å². The molecule has 3 aromatic heterocycles. The summed E-state index contributed by atoms with van der Waals surface area (Å²) in [5.41, 5.74) is 2.51. The van der Waals surface area contributed by atoms with Crippen LogP contribution in [0.25, 0.3) is 11.3 Å². The van der Waals surface area contributed by atoms with Gasteiger partial charge in [-0.3, -0.25) is 4.68 Å². The monoisotopic (exact) mass is 532 g/mol. The van der Waals surface area contributed by atoms with Gasteiger partial charge in [0.15, 0.2) is 5.03 Å². The summed E-state index contributed by atoms with van der Waals surface area (Å²) in [5, 5.41) is 7.60. The standard InChI is InChI=1S/C24H33FN8O3S/c1-16-10-26-24(30-23(16)17-11-28-33(12-17)18-4-6-19(36-3)7-5-18)29-21-8-9-32(13-20(21)25)37(34,35)22-14-31(2)15-27-22/h10-12,14-15,18-21H,4-9,13H2,1-3H3,(H,26,29,30)/t18?,19?,20-,21+/m1/s1. The summed E-state index contributed by atoms with van der Waals surface area (Å²) in [5.74, 6) is 0.308. The number of rotatable bonds is 7. The van der Waals surface area contributed by atoms with Crippen LogP contribution in [0.1, 0.15) is 43.7 Å². The van der Waals surface area contributed by atoms with Gasteiger partial charge in [0, 0.05) is 51.4 Å². The van der Waals surface area contributed by atoms with Crippen molar-refractivity contribution in [2.75, 3.05) is 25.5 Å². The molecule has 1 saturated carbocycles. The normalized spacial score (nSPS) is 25.3. The van der Waals surface area contributed by atoms with Crippen molar-refractivity contribution in [2.24, 2.45) is 7.05 Å². The quantitative estimate of drug-likeness (QED) is 0.493. The van der Waals surface area contributed by atoms with Crippen LogP contribution in [0, 0.1) is 6.92 Å². The minimum atomic E-state index is -3.84. The number of methoxy groups -OCH3 is 1. The molecule has 200 valence electrons. The van der Waals surface area contributed by atoms with Gasteiger partial charge in [0.05, 0.1) is 36.4 Å². The Morgan fingerprint density at radius 2 is 1.89 bits per heavy atom. The van der Waals surface area contributed by atoms with Crippen LogP contribution >= 0.6 is 0 Å². The molecule has 0 amide bonds. The first-order valence-corrected chi connectivity index (χ1v) is 14.0. The minimum absolute atomic E-state index is 0.0765. The second-order valence-corrected chi connectivity index (χ2v) is 11.8. The number of aryl methyl sites for hydroxylation is 2. The summed E-state index contributed by atoms with van der Waals surface area (Å²) >= 11 is 0. The molecule has 1 aliphatic heterocycles. The van der Waals surface area contributed by atoms with E-state index in [9.17, 15) is 8.42 Å². The Morgan fingerprint density at radius 3 is 2.57 bits per heavy atom. The summed E-state index contributed by atoms with van der Waals surface area (Å²) in [6.07, 6.45) is 11.6. The van der Waals surface area contributed by atoms with Crippen molar-refractivity contribution in [1.29, 1.82) is 0 Å². The molecule has 5 rings (SSSR count). The van der Waals surface area contributed by atoms with E-state index in [1.165, 1.54) is 12.5 Å². The highest BCUT2D eigenvalue weighted by atomic mass is 32.2. The summed E-state index contributed by atoms with van der Waals surface area (Å²) in [7, 11) is -0.393. The number of nitrogens with zero attached hydrogens (tertiary/aromatic N) is 7. The number of halogens is 1. The molecule has 3 aromatic rings. The van der Waals surface area contributed by atoms with Gasteiger partial charge in [-0.15, -0.1) is 0 Å². The molecule has 0 aromatic carbocycles. The van der Waals surface area contributed by atoms with E-state index < -0.39 is 22.2 Å². The van der Waals surface area contributed by atoms with Crippen molar-refractivity contribution in [2.45, 2.75) is 68.4 Å². The Hall–Kier alpha value is -2.90. The average molecular weight is 533 g/mol. The Labute approximate surface area is 216 Å². The largest absolute Gasteiger partial charge is 0.381 e. The number of hydrogen-bond acceptors (Lipinski definition) is 8. The van der Waals surface area contributed by atoms with Crippen molar-refractivity contribution in [3.8, 4) is 11.3 Å². The highest BCUT2D eigenvalue weighted by Gasteiger charge is 2.37. The molecular weight excluding hydrogens is 499 g/mol. The maximum Gasteiger partial charge on any atom is 0.262 e. The number of ether oxygens (including phenoxy) is 1. The lowest BCUT2D eigenvalue weighted by Gasteiger charge is -2.33. The molecule has 0 spiro atoms. The molecule has 0 radical (unpaired) electrons. The van der Waals surface area contributed by atoms with Gasteiger partial charge in [0.25, 0.3) is 10.0 Å². The maximum atomic E-state index is 15.1. The van der Waals surface area contributed by atoms with Crippen molar-refractivity contribution < 1.29 is 17.5 Å². The number of anilines is 1. The third-order valence-electron chi connectivity index (χ3n) is 7.30. The van der Waals surface area contributed by atoms with Crippen LogP contribution in [0.4, 0.5) is 10.3 Å². The smallest absolute Gasteiger partial charge is 0.262 e. The molecule has 1 saturated heterocycles. The lowest BCUT2D eigenvalue weighted by Crippen LogP contribution is -2.50. The fourth-order valence-corrected chi connectivity index (χ4v) is 6.52. The van der Waals surface area contributed by atoms with E-state index in [2.05, 4.69) is 25.4 Å². The number of hydrogen-bond donors (Lipinski definition) is 1. The van der Waals surface area contributed by atoms with E-state index in [4.69, 9.17) is 4.74 Å². The molecule has 2 atom stereocenters. The summed E-state index contributed by atoms with van der Waals surface area (Å²) in [6, 6.07) is -0.274. The topological polar surface area (TPSA) is 120 Å². The van der Waals surface area contributed by atoms with Gasteiger partial charge in [-0.1, -0.05) is 0 Å². The number of aromatic nitrogens is 6. The zero-order valence-corrected chi connectivity index (χ0v) is 22.1. The predicted molar refractivity (Wildman–Crippen MR) is 135 cm³/mol. The second-order valence-electron chi connectivity index (χ2n) is 9.90. The first-order chi connectivity index (χ1) is 17.7. The number of nitrogens with one attached hydrogen (secondary N) is 1. The lowest BCUT2D eigenvalue weighted by molar-refractivity contribution is 0.0568. The van der Waals surface area contributed by atoms with Gasteiger partial charge >= 0.3 is 0 Å². The first kappa shape index (κ1) is 25.7. The first-order valence-electron chi connectivity index (χ1n) is 12.5. The summed E-state index contributed by atoms with van der Waals surface area (Å²) < 4.78 is 51.0. The van der Waals surface area contributed by atoms with Crippen LogP contribution in [0.2, 0.25) is 0 Å². The Balaban J connectivity index is 1.25. The van der Waals surface area contributed by atoms with E-state index in [0.29, 0.717) is 18.1 Å². The van der Waals surface area contributed by atoms with Gasteiger partial charge in [-0.2, -0.15) is 9.40 Å². The fraction of sp³-hybridized carbons (Fsp3) is 0.583. The van der Waals surface area contributed by atoms with E-state index in [1.807, 2.05) is 17.8 Å². The van der Waals surface area contributed by atoms with Gasteiger partial charge in [-0.25, -0.2) is 27.8 Å². The van der Waals surface area contributed by atoms with E-state index >= 15 is 4.39 Å². The minimum Gasteiger partial charge on any atom is -0.381 e. The molecule has 1 N–H and O–H groups in total. The fourth-order valence-electron chi connectivity index (χ4n) is 5.09. The molecule has 4 heterocycles. The highest BCUT2D eigenvalue weighted by molar-refractivity contribution is 7.89. The number of imidazole rings is 1. The molecule has 0 unspecified atom stereocenters. The maximum absolute atomic E-state index is 15.1. The van der Waals surface area contributed by atoms with E-state index in [-0.39, 0.29) is 24.5 Å². The molecule has 0 bridgehead atoms. The van der Waals surface area contributed by atoms with Crippen molar-refractivity contribution in [3.63, 3.8) is 0 Å². The Bertz CT molecular complexity index is 1340. The van der Waals surface area contributed by atoms with Crippen LogP contribution in [0.5, 0.6) is 0 Å². The summed E-state index contributed by atoms with van der Waals surface area (Å²) in [4.78, 5) is 12.9. The van der Waals surface area contributed by atoms with Crippen LogP contribution in [-0.4, -0.2) is 80.5 Å². The second kappa shape index (κ2) is 10.5. The van der Waals surface area contributed by atoms with Gasteiger partial charge in [0.1, 0.15) is 6.17 Å². The van der Waals surface area contributed by atoms with E-state index in [0.717, 1.165) is 46.8 Å². The molecule has 1 aliphatic carbocycles.